The van der Waals surface area contributed by atoms with Gasteiger partial charge in [0, 0.05) is 26.2 Å². The Morgan fingerprint density at radius 3 is 2.40 bits per heavy atom. The lowest BCUT2D eigenvalue weighted by molar-refractivity contribution is -0.142. The molecule has 2 heterocycles. The molecule has 7 heteroatoms. The van der Waals surface area contributed by atoms with E-state index in [4.69, 9.17) is 10.8 Å². The Labute approximate surface area is 117 Å². The predicted molar refractivity (Wildman–Crippen MR) is 70.8 cm³/mol. The standard InChI is InChI=1S/C13H21N3O4/c1-8-5-16(7-10(8)12(18)19)13(20)15-4-2-3-9(6-15)11(14)17/h8-10H,2-7H2,1H3,(H2,14,17)(H,18,19)/t8-,9?,10-/m1/s1. The molecule has 0 saturated carbocycles. The van der Waals surface area contributed by atoms with Crippen molar-refractivity contribution in [3.05, 3.63) is 0 Å². The lowest BCUT2D eigenvalue weighted by atomic mass is 9.98. The molecular weight excluding hydrogens is 262 g/mol. The molecule has 2 aliphatic heterocycles. The van der Waals surface area contributed by atoms with E-state index in [9.17, 15) is 14.4 Å². The second kappa shape index (κ2) is 5.68. The summed E-state index contributed by atoms with van der Waals surface area (Å²) in [5.74, 6) is -2.07. The van der Waals surface area contributed by atoms with Crippen molar-refractivity contribution in [2.45, 2.75) is 19.8 Å². The van der Waals surface area contributed by atoms with E-state index in [-0.39, 0.29) is 30.3 Å². The molecule has 2 rings (SSSR count). The van der Waals surface area contributed by atoms with Gasteiger partial charge < -0.3 is 20.6 Å². The molecule has 0 aromatic carbocycles. The van der Waals surface area contributed by atoms with Gasteiger partial charge in [0.25, 0.3) is 0 Å². The number of primary amides is 1. The van der Waals surface area contributed by atoms with Crippen LogP contribution in [-0.4, -0.2) is 59.0 Å². The summed E-state index contributed by atoms with van der Waals surface area (Å²) in [6.45, 7) is 3.48. The van der Waals surface area contributed by atoms with E-state index in [1.807, 2.05) is 6.92 Å². The first-order valence-corrected chi connectivity index (χ1v) is 6.96. The maximum Gasteiger partial charge on any atom is 0.320 e. The minimum Gasteiger partial charge on any atom is -0.481 e. The molecule has 3 N–H and O–H groups in total. The van der Waals surface area contributed by atoms with Gasteiger partial charge in [-0.05, 0) is 18.8 Å². The third-order valence-corrected chi connectivity index (χ3v) is 4.29. The first kappa shape index (κ1) is 14.6. The number of hydrogen-bond acceptors (Lipinski definition) is 3. The maximum absolute atomic E-state index is 12.4. The quantitative estimate of drug-likeness (QED) is 0.741. The normalized spacial score (nSPS) is 30.4. The number of carboxylic acid groups (broad SMARTS) is 1. The van der Waals surface area contributed by atoms with Crippen molar-refractivity contribution >= 4 is 17.9 Å². The molecule has 2 saturated heterocycles. The van der Waals surface area contributed by atoms with Crippen LogP contribution in [0.4, 0.5) is 4.79 Å². The Morgan fingerprint density at radius 1 is 1.15 bits per heavy atom. The van der Waals surface area contributed by atoms with Gasteiger partial charge >= 0.3 is 12.0 Å². The lowest BCUT2D eigenvalue weighted by Crippen LogP contribution is -2.49. The number of urea groups is 1. The summed E-state index contributed by atoms with van der Waals surface area (Å²) in [7, 11) is 0. The molecule has 0 aromatic rings. The van der Waals surface area contributed by atoms with Crippen LogP contribution in [0.25, 0.3) is 0 Å². The molecule has 0 bridgehead atoms. The van der Waals surface area contributed by atoms with Crippen LogP contribution < -0.4 is 5.73 Å². The molecule has 0 radical (unpaired) electrons. The molecule has 7 nitrogen and oxygen atoms in total. The average Bonchev–Trinajstić information content (AvgIpc) is 2.80. The van der Waals surface area contributed by atoms with Gasteiger partial charge in [-0.1, -0.05) is 6.92 Å². The highest BCUT2D eigenvalue weighted by Gasteiger charge is 2.39. The molecule has 1 unspecified atom stereocenters. The zero-order chi connectivity index (χ0) is 14.9. The summed E-state index contributed by atoms with van der Waals surface area (Å²) in [4.78, 5) is 37.9. The molecule has 2 fully saturated rings. The molecule has 0 aliphatic carbocycles. The van der Waals surface area contributed by atoms with Gasteiger partial charge in [-0.2, -0.15) is 0 Å². The summed E-state index contributed by atoms with van der Waals surface area (Å²) in [5.41, 5.74) is 5.30. The van der Waals surface area contributed by atoms with E-state index in [0.717, 1.165) is 6.42 Å². The van der Waals surface area contributed by atoms with Crippen LogP contribution in [0.15, 0.2) is 0 Å². The van der Waals surface area contributed by atoms with E-state index in [2.05, 4.69) is 0 Å². The largest absolute Gasteiger partial charge is 0.481 e. The Bertz CT molecular complexity index is 420. The fraction of sp³-hybridized carbons (Fsp3) is 0.769. The van der Waals surface area contributed by atoms with E-state index in [1.54, 1.807) is 9.80 Å². The number of hydrogen-bond donors (Lipinski definition) is 2. The fourth-order valence-electron chi connectivity index (χ4n) is 3.03. The molecule has 20 heavy (non-hydrogen) atoms. The van der Waals surface area contributed by atoms with Gasteiger partial charge in [0.15, 0.2) is 0 Å². The number of amides is 3. The van der Waals surface area contributed by atoms with Crippen molar-refractivity contribution < 1.29 is 19.5 Å². The van der Waals surface area contributed by atoms with Crippen LogP contribution in [0.5, 0.6) is 0 Å². The van der Waals surface area contributed by atoms with Crippen LogP contribution in [0.2, 0.25) is 0 Å². The number of carboxylic acids is 1. The third-order valence-electron chi connectivity index (χ3n) is 4.29. The molecular formula is C13H21N3O4. The van der Waals surface area contributed by atoms with E-state index in [0.29, 0.717) is 26.1 Å². The van der Waals surface area contributed by atoms with Gasteiger partial charge in [0.05, 0.1) is 11.8 Å². The zero-order valence-corrected chi connectivity index (χ0v) is 11.6. The van der Waals surface area contributed by atoms with Gasteiger partial charge in [0.2, 0.25) is 5.91 Å². The monoisotopic (exact) mass is 283 g/mol. The van der Waals surface area contributed by atoms with E-state index >= 15 is 0 Å². The van der Waals surface area contributed by atoms with Crippen molar-refractivity contribution in [2.24, 2.45) is 23.5 Å². The van der Waals surface area contributed by atoms with Crippen LogP contribution in [0.1, 0.15) is 19.8 Å². The number of carbonyl (C=O) groups is 3. The Morgan fingerprint density at radius 2 is 1.85 bits per heavy atom. The van der Waals surface area contributed by atoms with Crippen molar-refractivity contribution in [3.8, 4) is 0 Å². The van der Waals surface area contributed by atoms with Crippen molar-refractivity contribution in [2.75, 3.05) is 26.2 Å². The summed E-state index contributed by atoms with van der Waals surface area (Å²) >= 11 is 0. The topological polar surface area (TPSA) is 104 Å². The third kappa shape index (κ3) is 2.86. The van der Waals surface area contributed by atoms with Crippen molar-refractivity contribution in [1.82, 2.24) is 9.80 Å². The summed E-state index contributed by atoms with van der Waals surface area (Å²) in [6, 6.07) is -0.174. The Hall–Kier alpha value is -1.79. The highest BCUT2D eigenvalue weighted by atomic mass is 16.4. The van der Waals surface area contributed by atoms with Gasteiger partial charge in [-0.25, -0.2) is 4.79 Å². The Balaban J connectivity index is 1.98. The van der Waals surface area contributed by atoms with Gasteiger partial charge in [0.1, 0.15) is 0 Å². The number of likely N-dealkylation sites (tertiary alicyclic amines) is 2. The lowest BCUT2D eigenvalue weighted by Gasteiger charge is -2.34. The summed E-state index contributed by atoms with van der Waals surface area (Å²) < 4.78 is 0. The van der Waals surface area contributed by atoms with Crippen LogP contribution >= 0.6 is 0 Å². The molecule has 0 spiro atoms. The first-order valence-electron chi connectivity index (χ1n) is 6.96. The average molecular weight is 283 g/mol. The van der Waals surface area contributed by atoms with Crippen LogP contribution in [0.3, 0.4) is 0 Å². The molecule has 3 amide bonds. The zero-order valence-electron chi connectivity index (χ0n) is 11.6. The first-order chi connectivity index (χ1) is 9.40. The highest BCUT2D eigenvalue weighted by Crippen LogP contribution is 2.25. The number of rotatable bonds is 2. The molecule has 2 aliphatic rings. The SMILES string of the molecule is C[C@@H]1CN(C(=O)N2CCCC(C(N)=O)C2)C[C@H]1C(=O)O. The Kier molecular flexibility index (Phi) is 4.15. The number of nitrogens with two attached hydrogens (primary N) is 1. The number of nitrogens with zero attached hydrogens (tertiary/aromatic N) is 2. The smallest absolute Gasteiger partial charge is 0.320 e. The summed E-state index contributed by atoms with van der Waals surface area (Å²) in [6.07, 6.45) is 1.47. The minimum atomic E-state index is -0.860. The van der Waals surface area contributed by atoms with Crippen LogP contribution in [0, 0.1) is 17.8 Å². The van der Waals surface area contributed by atoms with Gasteiger partial charge in [-0.15, -0.1) is 0 Å². The van der Waals surface area contributed by atoms with E-state index in [1.165, 1.54) is 0 Å². The summed E-state index contributed by atoms with van der Waals surface area (Å²) in [5, 5.41) is 9.10. The maximum atomic E-state index is 12.4. The van der Waals surface area contributed by atoms with Crippen molar-refractivity contribution in [3.63, 3.8) is 0 Å². The predicted octanol–water partition coefficient (Wildman–Crippen LogP) is -0.0438. The second-order valence-corrected chi connectivity index (χ2v) is 5.80. The molecule has 112 valence electrons. The van der Waals surface area contributed by atoms with E-state index < -0.39 is 11.9 Å². The second-order valence-electron chi connectivity index (χ2n) is 5.80. The van der Waals surface area contributed by atoms with Crippen LogP contribution in [-0.2, 0) is 9.59 Å². The fourth-order valence-corrected chi connectivity index (χ4v) is 3.03. The number of piperidine rings is 1. The number of aliphatic carboxylic acids is 1. The number of carbonyl (C=O) groups excluding carboxylic acids is 2. The minimum absolute atomic E-state index is 0.0480. The van der Waals surface area contributed by atoms with Gasteiger partial charge in [-0.3, -0.25) is 9.59 Å². The highest BCUT2D eigenvalue weighted by molar-refractivity contribution is 5.80. The molecule has 0 aromatic heterocycles. The molecule has 3 atom stereocenters. The van der Waals surface area contributed by atoms with Crippen molar-refractivity contribution in [1.29, 1.82) is 0 Å².